The van der Waals surface area contributed by atoms with E-state index in [2.05, 4.69) is 5.16 Å². The molecule has 3 rings (SSSR count). The summed E-state index contributed by atoms with van der Waals surface area (Å²) in [6, 6.07) is 1.72. The SMILES string of the molecule is Cc1noc(C)c1CN1C(=O)C(=O)c2c(F)ccc(F)c21. The minimum atomic E-state index is -1.05. The molecule has 108 valence electrons. The van der Waals surface area contributed by atoms with Crippen molar-refractivity contribution in [2.45, 2.75) is 20.4 Å². The Morgan fingerprint density at radius 1 is 1.19 bits per heavy atom. The molecule has 0 unspecified atom stereocenters. The van der Waals surface area contributed by atoms with Crippen LogP contribution in [0, 0.1) is 25.5 Å². The lowest BCUT2D eigenvalue weighted by Crippen LogP contribution is -2.30. The number of Topliss-reactive ketones (excluding diaryl/α,β-unsaturated/α-hetero) is 1. The Hall–Kier alpha value is -2.57. The third-order valence-corrected chi connectivity index (χ3v) is 3.51. The first-order valence-electron chi connectivity index (χ1n) is 6.17. The van der Waals surface area contributed by atoms with Gasteiger partial charge in [-0.15, -0.1) is 0 Å². The van der Waals surface area contributed by atoms with E-state index in [4.69, 9.17) is 4.52 Å². The van der Waals surface area contributed by atoms with Gasteiger partial charge in [0.1, 0.15) is 17.4 Å². The molecule has 1 aliphatic heterocycles. The van der Waals surface area contributed by atoms with Crippen LogP contribution in [0.5, 0.6) is 0 Å². The maximum atomic E-state index is 13.9. The molecular formula is C14H10F2N2O3. The Morgan fingerprint density at radius 2 is 1.86 bits per heavy atom. The number of aryl methyl sites for hydroxylation is 2. The van der Waals surface area contributed by atoms with Crippen molar-refractivity contribution < 1.29 is 22.9 Å². The van der Waals surface area contributed by atoms with Crippen molar-refractivity contribution in [3.05, 3.63) is 46.3 Å². The maximum absolute atomic E-state index is 13.9. The molecule has 0 atom stereocenters. The van der Waals surface area contributed by atoms with Crippen LogP contribution >= 0.6 is 0 Å². The lowest BCUT2D eigenvalue weighted by atomic mass is 10.1. The molecular weight excluding hydrogens is 282 g/mol. The van der Waals surface area contributed by atoms with Gasteiger partial charge in [0.15, 0.2) is 0 Å². The summed E-state index contributed by atoms with van der Waals surface area (Å²) >= 11 is 0. The number of rotatable bonds is 2. The predicted molar refractivity (Wildman–Crippen MR) is 67.9 cm³/mol. The van der Waals surface area contributed by atoms with Gasteiger partial charge in [-0.2, -0.15) is 0 Å². The molecule has 0 fully saturated rings. The highest BCUT2D eigenvalue weighted by atomic mass is 19.1. The van der Waals surface area contributed by atoms with E-state index in [1.807, 2.05) is 0 Å². The Bertz CT molecular complexity index is 763. The number of hydrogen-bond acceptors (Lipinski definition) is 4. The van der Waals surface area contributed by atoms with E-state index >= 15 is 0 Å². The highest BCUT2D eigenvalue weighted by Gasteiger charge is 2.41. The average molecular weight is 292 g/mol. The molecule has 21 heavy (non-hydrogen) atoms. The van der Waals surface area contributed by atoms with Crippen molar-refractivity contribution >= 4 is 17.4 Å². The first-order valence-corrected chi connectivity index (χ1v) is 6.17. The van der Waals surface area contributed by atoms with Gasteiger partial charge in [-0.05, 0) is 26.0 Å². The number of anilines is 1. The fourth-order valence-corrected chi connectivity index (χ4v) is 2.39. The molecule has 0 bridgehead atoms. The second-order valence-corrected chi connectivity index (χ2v) is 4.78. The summed E-state index contributed by atoms with van der Waals surface area (Å²) in [5.41, 5.74) is 0.238. The summed E-state index contributed by atoms with van der Waals surface area (Å²) in [5, 5.41) is 3.73. The van der Waals surface area contributed by atoms with Crippen molar-refractivity contribution in [3.63, 3.8) is 0 Å². The van der Waals surface area contributed by atoms with Crippen LogP contribution < -0.4 is 4.90 Å². The molecule has 0 saturated carbocycles. The molecule has 2 aromatic rings. The normalized spacial score (nSPS) is 14.0. The van der Waals surface area contributed by atoms with Gasteiger partial charge in [-0.3, -0.25) is 14.5 Å². The third-order valence-electron chi connectivity index (χ3n) is 3.51. The summed E-state index contributed by atoms with van der Waals surface area (Å²) in [4.78, 5) is 24.8. The van der Waals surface area contributed by atoms with E-state index in [9.17, 15) is 18.4 Å². The summed E-state index contributed by atoms with van der Waals surface area (Å²) in [6.07, 6.45) is 0. The van der Waals surface area contributed by atoms with Crippen molar-refractivity contribution in [3.8, 4) is 0 Å². The maximum Gasteiger partial charge on any atom is 0.299 e. The van der Waals surface area contributed by atoms with Gasteiger partial charge in [0.2, 0.25) is 0 Å². The largest absolute Gasteiger partial charge is 0.361 e. The molecule has 1 aliphatic rings. The molecule has 0 spiro atoms. The number of nitrogens with zero attached hydrogens (tertiary/aromatic N) is 2. The lowest BCUT2D eigenvalue weighted by Gasteiger charge is -2.16. The van der Waals surface area contributed by atoms with Crippen LogP contribution in [0.1, 0.15) is 27.4 Å². The highest BCUT2D eigenvalue weighted by Crippen LogP contribution is 2.35. The van der Waals surface area contributed by atoms with E-state index in [1.165, 1.54) is 0 Å². The molecule has 0 radical (unpaired) electrons. The van der Waals surface area contributed by atoms with Crippen LogP contribution in [0.25, 0.3) is 0 Å². The fourth-order valence-electron chi connectivity index (χ4n) is 2.39. The van der Waals surface area contributed by atoms with Crippen LogP contribution in [0.3, 0.4) is 0 Å². The quantitative estimate of drug-likeness (QED) is 0.797. The molecule has 5 nitrogen and oxygen atoms in total. The lowest BCUT2D eigenvalue weighted by molar-refractivity contribution is -0.114. The minimum absolute atomic E-state index is 0.0981. The van der Waals surface area contributed by atoms with Crippen molar-refractivity contribution in [2.24, 2.45) is 0 Å². The van der Waals surface area contributed by atoms with E-state index in [-0.39, 0.29) is 12.2 Å². The Labute approximate surface area is 118 Å². The van der Waals surface area contributed by atoms with Gasteiger partial charge < -0.3 is 4.52 Å². The van der Waals surface area contributed by atoms with Crippen LogP contribution in [0.2, 0.25) is 0 Å². The first kappa shape index (κ1) is 13.4. The Kier molecular flexibility index (Phi) is 2.86. The van der Waals surface area contributed by atoms with Crippen molar-refractivity contribution in [1.29, 1.82) is 0 Å². The standard InChI is InChI=1S/C14H10F2N2O3/c1-6-8(7(2)21-17-6)5-18-12-10(16)4-3-9(15)11(12)13(19)14(18)20/h3-4H,5H2,1-2H3. The van der Waals surface area contributed by atoms with Crippen LogP contribution in [-0.4, -0.2) is 16.8 Å². The number of ketones is 1. The fraction of sp³-hybridized carbons (Fsp3) is 0.214. The summed E-state index contributed by atoms with van der Waals surface area (Å²) in [7, 11) is 0. The smallest absolute Gasteiger partial charge is 0.299 e. The summed E-state index contributed by atoms with van der Waals surface area (Å²) in [6.45, 7) is 3.21. The average Bonchev–Trinajstić information content (AvgIpc) is 2.89. The molecule has 1 aromatic heterocycles. The number of fused-ring (bicyclic) bond motifs is 1. The van der Waals surface area contributed by atoms with Gasteiger partial charge in [0.05, 0.1) is 23.5 Å². The van der Waals surface area contributed by atoms with Crippen molar-refractivity contribution in [1.82, 2.24) is 5.16 Å². The number of halogens is 2. The zero-order chi connectivity index (χ0) is 15.3. The first-order chi connectivity index (χ1) is 9.91. The number of carbonyl (C=O) groups is 2. The Balaban J connectivity index is 2.12. The third kappa shape index (κ3) is 1.84. The van der Waals surface area contributed by atoms with Gasteiger partial charge in [-0.1, -0.05) is 5.16 Å². The Morgan fingerprint density at radius 3 is 2.48 bits per heavy atom. The minimum Gasteiger partial charge on any atom is -0.361 e. The van der Waals surface area contributed by atoms with Gasteiger partial charge in [0, 0.05) is 5.56 Å². The zero-order valence-electron chi connectivity index (χ0n) is 11.2. The second-order valence-electron chi connectivity index (χ2n) is 4.78. The number of amides is 1. The molecule has 0 aliphatic carbocycles. The monoisotopic (exact) mass is 292 g/mol. The molecule has 1 amide bonds. The molecule has 0 N–H and O–H groups in total. The van der Waals surface area contributed by atoms with E-state index in [0.717, 1.165) is 17.0 Å². The van der Waals surface area contributed by atoms with E-state index in [1.54, 1.807) is 13.8 Å². The summed E-state index contributed by atoms with van der Waals surface area (Å²) in [5.74, 6) is -3.29. The molecule has 7 heteroatoms. The van der Waals surface area contributed by atoms with Gasteiger partial charge in [-0.25, -0.2) is 8.78 Å². The number of benzene rings is 1. The van der Waals surface area contributed by atoms with Crippen LogP contribution in [-0.2, 0) is 11.3 Å². The van der Waals surface area contributed by atoms with Gasteiger partial charge >= 0.3 is 0 Å². The topological polar surface area (TPSA) is 63.4 Å². The van der Waals surface area contributed by atoms with Crippen LogP contribution in [0.4, 0.5) is 14.5 Å². The molecule has 1 aromatic carbocycles. The molecule has 2 heterocycles. The van der Waals surface area contributed by atoms with Crippen molar-refractivity contribution in [2.75, 3.05) is 4.90 Å². The second kappa shape index (κ2) is 4.47. The zero-order valence-corrected chi connectivity index (χ0v) is 11.2. The van der Waals surface area contributed by atoms with Crippen LogP contribution in [0.15, 0.2) is 16.7 Å². The predicted octanol–water partition coefficient (Wildman–Crippen LogP) is 2.30. The summed E-state index contributed by atoms with van der Waals surface area (Å²) < 4.78 is 32.6. The number of hydrogen-bond donors (Lipinski definition) is 0. The van der Waals surface area contributed by atoms with E-state index < -0.39 is 28.9 Å². The number of carbonyl (C=O) groups excluding carboxylic acids is 2. The van der Waals surface area contributed by atoms with E-state index in [0.29, 0.717) is 17.0 Å². The molecule has 0 saturated heterocycles. The van der Waals surface area contributed by atoms with Gasteiger partial charge in [0.25, 0.3) is 11.7 Å². The number of aromatic nitrogens is 1. The highest BCUT2D eigenvalue weighted by molar-refractivity contribution is 6.52.